The molecule has 0 aromatic carbocycles. The van der Waals surface area contributed by atoms with E-state index in [0.29, 0.717) is 18.0 Å². The lowest BCUT2D eigenvalue weighted by Crippen LogP contribution is -2.57. The van der Waals surface area contributed by atoms with Gasteiger partial charge in [-0.05, 0) is 57.2 Å². The third-order valence-corrected chi connectivity index (χ3v) is 5.87. The van der Waals surface area contributed by atoms with Crippen LogP contribution in [0.5, 0.6) is 0 Å². The van der Waals surface area contributed by atoms with Crippen molar-refractivity contribution in [1.29, 1.82) is 0 Å². The number of nitrogens with two attached hydrogens (primary N) is 1. The van der Waals surface area contributed by atoms with E-state index in [-0.39, 0.29) is 0 Å². The summed E-state index contributed by atoms with van der Waals surface area (Å²) in [6, 6.07) is 1.88. The molecule has 0 radical (unpaired) electrons. The van der Waals surface area contributed by atoms with Crippen LogP contribution in [0.2, 0.25) is 0 Å². The maximum atomic E-state index is 6.33. The molecule has 4 rings (SSSR count). The van der Waals surface area contributed by atoms with Crippen molar-refractivity contribution in [2.75, 3.05) is 26.7 Å². The number of nitrogens with zero attached hydrogens (tertiary/aromatic N) is 2. The van der Waals surface area contributed by atoms with Gasteiger partial charge in [-0.3, -0.25) is 4.90 Å². The first-order chi connectivity index (χ1) is 8.58. The van der Waals surface area contributed by atoms with E-state index in [4.69, 9.17) is 5.73 Å². The number of hydrogen-bond acceptors (Lipinski definition) is 3. The van der Waals surface area contributed by atoms with E-state index in [1.165, 1.54) is 38.9 Å². The summed E-state index contributed by atoms with van der Waals surface area (Å²) in [6.45, 7) is 8.50. The number of rotatable bonds is 3. The number of hydrogen-bond donors (Lipinski definition) is 1. The number of piperidine rings is 3. The minimum atomic E-state index is 0.359. The Labute approximate surface area is 112 Å². The van der Waals surface area contributed by atoms with Gasteiger partial charge in [0.05, 0.1) is 0 Å². The first kappa shape index (κ1) is 12.9. The molecule has 104 valence electrons. The lowest BCUT2D eigenvalue weighted by Gasteiger charge is -2.50. The van der Waals surface area contributed by atoms with Gasteiger partial charge in [-0.15, -0.1) is 0 Å². The average molecular weight is 251 g/mol. The van der Waals surface area contributed by atoms with Crippen LogP contribution in [0.1, 0.15) is 33.1 Å². The van der Waals surface area contributed by atoms with Crippen molar-refractivity contribution in [2.24, 2.45) is 23.5 Å². The molecular formula is C15H29N3. The molecule has 3 nitrogen and oxygen atoms in total. The molecule has 4 unspecified atom stereocenters. The Kier molecular flexibility index (Phi) is 3.41. The molecule has 0 spiro atoms. The van der Waals surface area contributed by atoms with Crippen LogP contribution in [0.4, 0.5) is 0 Å². The third kappa shape index (κ3) is 2.00. The summed E-state index contributed by atoms with van der Waals surface area (Å²) in [5.74, 6) is 2.54. The normalized spacial score (nSPS) is 45.5. The van der Waals surface area contributed by atoms with Crippen LogP contribution in [0.3, 0.4) is 0 Å². The predicted molar refractivity (Wildman–Crippen MR) is 75.4 cm³/mol. The van der Waals surface area contributed by atoms with Crippen LogP contribution >= 0.6 is 0 Å². The van der Waals surface area contributed by atoms with Crippen molar-refractivity contribution in [3.8, 4) is 0 Å². The Morgan fingerprint density at radius 3 is 2.50 bits per heavy atom. The van der Waals surface area contributed by atoms with Crippen LogP contribution in [0.25, 0.3) is 0 Å². The number of likely N-dealkylation sites (tertiary alicyclic amines) is 1. The van der Waals surface area contributed by atoms with Crippen LogP contribution < -0.4 is 5.73 Å². The molecule has 4 saturated heterocycles. The summed E-state index contributed by atoms with van der Waals surface area (Å²) < 4.78 is 0. The molecule has 0 amide bonds. The summed E-state index contributed by atoms with van der Waals surface area (Å²) in [7, 11) is 2.32. The molecule has 0 aromatic heterocycles. The highest BCUT2D eigenvalue weighted by Crippen LogP contribution is 2.44. The van der Waals surface area contributed by atoms with Crippen molar-refractivity contribution in [3.05, 3.63) is 0 Å². The van der Waals surface area contributed by atoms with Crippen LogP contribution in [0.15, 0.2) is 0 Å². The molecule has 4 heterocycles. The fourth-order valence-corrected chi connectivity index (χ4v) is 4.58. The summed E-state index contributed by atoms with van der Waals surface area (Å²) in [4.78, 5) is 5.38. The van der Waals surface area contributed by atoms with Gasteiger partial charge in [-0.1, -0.05) is 13.8 Å². The lowest BCUT2D eigenvalue weighted by molar-refractivity contribution is 0.00135. The lowest BCUT2D eigenvalue weighted by atomic mass is 9.73. The summed E-state index contributed by atoms with van der Waals surface area (Å²) in [5, 5.41) is 0. The highest BCUT2D eigenvalue weighted by atomic mass is 15.3. The molecule has 3 heteroatoms. The molecule has 4 fully saturated rings. The van der Waals surface area contributed by atoms with Gasteiger partial charge >= 0.3 is 0 Å². The van der Waals surface area contributed by atoms with Crippen LogP contribution in [-0.2, 0) is 0 Å². The monoisotopic (exact) mass is 251 g/mol. The van der Waals surface area contributed by atoms with Crippen molar-refractivity contribution in [1.82, 2.24) is 9.80 Å². The zero-order valence-electron chi connectivity index (χ0n) is 12.2. The van der Waals surface area contributed by atoms with E-state index >= 15 is 0 Å². The number of likely N-dealkylation sites (N-methyl/N-ethyl adjacent to an activating group) is 1. The zero-order valence-corrected chi connectivity index (χ0v) is 12.2. The van der Waals surface area contributed by atoms with Crippen molar-refractivity contribution in [2.45, 2.75) is 51.2 Å². The Balaban J connectivity index is 1.74. The average Bonchev–Trinajstić information content (AvgIpc) is 2.70. The van der Waals surface area contributed by atoms with Gasteiger partial charge in [0.15, 0.2) is 0 Å². The first-order valence-corrected chi connectivity index (χ1v) is 7.77. The fraction of sp³-hybridized carbons (Fsp3) is 1.00. The van der Waals surface area contributed by atoms with Gasteiger partial charge in [0, 0.05) is 24.7 Å². The molecule has 0 saturated carbocycles. The Morgan fingerprint density at radius 1 is 1.22 bits per heavy atom. The van der Waals surface area contributed by atoms with E-state index in [2.05, 4.69) is 30.7 Å². The smallest absolute Gasteiger partial charge is 0.0295 e. The maximum Gasteiger partial charge on any atom is 0.0295 e. The molecule has 18 heavy (non-hydrogen) atoms. The van der Waals surface area contributed by atoms with Gasteiger partial charge in [0.25, 0.3) is 0 Å². The molecule has 4 aliphatic rings. The van der Waals surface area contributed by atoms with E-state index in [0.717, 1.165) is 17.9 Å². The third-order valence-electron chi connectivity index (χ3n) is 5.87. The van der Waals surface area contributed by atoms with E-state index < -0.39 is 0 Å². The van der Waals surface area contributed by atoms with Gasteiger partial charge in [-0.25, -0.2) is 0 Å². The largest absolute Gasteiger partial charge is 0.327 e. The highest BCUT2D eigenvalue weighted by Gasteiger charge is 2.51. The standard InChI is InChI=1S/C15H29N3/c1-10(2)13(16)8-14-15-12(9-17(14)3)11-4-6-18(15)7-5-11/h10-15H,4-9,16H2,1-3H3. The van der Waals surface area contributed by atoms with Gasteiger partial charge < -0.3 is 10.6 Å². The Morgan fingerprint density at radius 2 is 1.89 bits per heavy atom. The molecule has 4 aliphatic heterocycles. The molecule has 0 aromatic rings. The summed E-state index contributed by atoms with van der Waals surface area (Å²) >= 11 is 0. The Hall–Kier alpha value is -0.120. The quantitative estimate of drug-likeness (QED) is 0.822. The predicted octanol–water partition coefficient (Wildman–Crippen LogP) is 1.38. The fourth-order valence-electron chi connectivity index (χ4n) is 4.58. The Bertz CT molecular complexity index is 296. The molecule has 2 bridgehead atoms. The van der Waals surface area contributed by atoms with Gasteiger partial charge in [-0.2, -0.15) is 0 Å². The van der Waals surface area contributed by atoms with Crippen LogP contribution in [0, 0.1) is 17.8 Å². The van der Waals surface area contributed by atoms with Gasteiger partial charge in [0.1, 0.15) is 0 Å². The topological polar surface area (TPSA) is 32.5 Å². The maximum absolute atomic E-state index is 6.33. The van der Waals surface area contributed by atoms with E-state index in [1.807, 2.05) is 0 Å². The van der Waals surface area contributed by atoms with Crippen LogP contribution in [-0.4, -0.2) is 54.6 Å². The second-order valence-corrected chi connectivity index (χ2v) is 7.18. The minimum absolute atomic E-state index is 0.359. The van der Waals surface area contributed by atoms with E-state index in [1.54, 1.807) is 0 Å². The molecule has 0 aliphatic carbocycles. The van der Waals surface area contributed by atoms with Crippen molar-refractivity contribution >= 4 is 0 Å². The zero-order chi connectivity index (χ0) is 12.9. The summed E-state index contributed by atoms with van der Waals surface area (Å²) in [5.41, 5.74) is 6.33. The van der Waals surface area contributed by atoms with Crippen molar-refractivity contribution < 1.29 is 0 Å². The van der Waals surface area contributed by atoms with Crippen molar-refractivity contribution in [3.63, 3.8) is 0 Å². The van der Waals surface area contributed by atoms with E-state index in [9.17, 15) is 0 Å². The second kappa shape index (κ2) is 4.77. The highest BCUT2D eigenvalue weighted by molar-refractivity contribution is 5.06. The summed E-state index contributed by atoms with van der Waals surface area (Å²) in [6.07, 6.45) is 4.06. The number of fused-ring (bicyclic) bond motifs is 2. The minimum Gasteiger partial charge on any atom is -0.327 e. The SMILES string of the molecule is CC(C)C(N)CC1C2C(CN1C)C1CCN2CC1. The second-order valence-electron chi connectivity index (χ2n) is 7.18. The molecule has 4 atom stereocenters. The first-order valence-electron chi connectivity index (χ1n) is 7.77. The van der Waals surface area contributed by atoms with Gasteiger partial charge in [0.2, 0.25) is 0 Å². The molecular weight excluding hydrogens is 222 g/mol. The molecule has 2 N–H and O–H groups in total.